The van der Waals surface area contributed by atoms with Crippen molar-refractivity contribution in [2.45, 2.75) is 31.3 Å². The maximum absolute atomic E-state index is 12.4. The molecule has 1 heterocycles. The van der Waals surface area contributed by atoms with Gasteiger partial charge in [-0.1, -0.05) is 6.07 Å². The van der Waals surface area contributed by atoms with E-state index in [0.29, 0.717) is 25.8 Å². The first-order valence-corrected chi connectivity index (χ1v) is 7.29. The Morgan fingerprint density at radius 2 is 2.27 bits per heavy atom. The number of phenolic OH excluding ortho intramolecular Hbond substituents is 1. The van der Waals surface area contributed by atoms with Crippen molar-refractivity contribution in [1.82, 2.24) is 5.32 Å². The number of fused-ring (bicyclic) bond motifs is 1. The van der Waals surface area contributed by atoms with Crippen LogP contribution in [0.3, 0.4) is 0 Å². The molecule has 2 N–H and O–H groups in total. The number of furan rings is 1. The number of hydrogen-bond donors (Lipinski definition) is 2. The standard InChI is InChI=1S/C17H19NO4/c1-21-16(20)17(18-11-15-3-2-8-22-15)7-6-12-9-14(19)5-4-13(12)10-17/h2-5,8-9,18-19H,6-7,10-11H2,1H3. The van der Waals surface area contributed by atoms with Gasteiger partial charge in [0.25, 0.3) is 0 Å². The lowest BCUT2D eigenvalue weighted by Crippen LogP contribution is -2.55. The monoisotopic (exact) mass is 301 g/mol. The van der Waals surface area contributed by atoms with Gasteiger partial charge < -0.3 is 14.3 Å². The SMILES string of the molecule is COC(=O)C1(NCc2ccco2)CCc2cc(O)ccc2C1. The molecular formula is C17H19NO4. The number of phenols is 1. The molecular weight excluding hydrogens is 282 g/mol. The average Bonchev–Trinajstić information content (AvgIpc) is 3.05. The Kier molecular flexibility index (Phi) is 3.90. The van der Waals surface area contributed by atoms with Crippen LogP contribution in [0.1, 0.15) is 23.3 Å². The van der Waals surface area contributed by atoms with Gasteiger partial charge in [0.2, 0.25) is 0 Å². The van der Waals surface area contributed by atoms with E-state index >= 15 is 0 Å². The predicted octanol–water partition coefficient (Wildman–Crippen LogP) is 2.18. The van der Waals surface area contributed by atoms with Gasteiger partial charge >= 0.3 is 5.97 Å². The van der Waals surface area contributed by atoms with Gasteiger partial charge in [0.1, 0.15) is 17.0 Å². The fourth-order valence-electron chi connectivity index (χ4n) is 3.04. The first-order chi connectivity index (χ1) is 10.6. The summed E-state index contributed by atoms with van der Waals surface area (Å²) in [7, 11) is 1.41. The van der Waals surface area contributed by atoms with Crippen LogP contribution in [-0.2, 0) is 28.9 Å². The normalized spacial score (nSPS) is 20.4. The summed E-state index contributed by atoms with van der Waals surface area (Å²) in [4.78, 5) is 12.4. The van der Waals surface area contributed by atoms with Gasteiger partial charge in [-0.25, -0.2) is 0 Å². The van der Waals surface area contributed by atoms with Crippen LogP contribution in [0, 0.1) is 0 Å². The van der Waals surface area contributed by atoms with Gasteiger partial charge in [-0.3, -0.25) is 10.1 Å². The second kappa shape index (κ2) is 5.85. The van der Waals surface area contributed by atoms with Crippen molar-refractivity contribution in [3.63, 3.8) is 0 Å². The number of aromatic hydroxyl groups is 1. The lowest BCUT2D eigenvalue weighted by Gasteiger charge is -2.36. The molecule has 116 valence electrons. The number of aryl methyl sites for hydroxylation is 1. The lowest BCUT2D eigenvalue weighted by molar-refractivity contribution is -0.149. The Balaban J connectivity index is 1.84. The topological polar surface area (TPSA) is 71.7 Å². The van der Waals surface area contributed by atoms with E-state index in [-0.39, 0.29) is 11.7 Å². The molecule has 5 nitrogen and oxygen atoms in total. The molecule has 3 rings (SSSR count). The number of hydrogen-bond acceptors (Lipinski definition) is 5. The summed E-state index contributed by atoms with van der Waals surface area (Å²) in [6.07, 6.45) is 3.48. The predicted molar refractivity (Wildman–Crippen MR) is 80.4 cm³/mol. The molecule has 1 aliphatic carbocycles. The summed E-state index contributed by atoms with van der Waals surface area (Å²) in [5, 5.41) is 12.9. The lowest BCUT2D eigenvalue weighted by atomic mass is 9.77. The van der Waals surface area contributed by atoms with Crippen molar-refractivity contribution in [1.29, 1.82) is 0 Å². The van der Waals surface area contributed by atoms with Crippen LogP contribution < -0.4 is 5.32 Å². The molecule has 0 bridgehead atoms. The van der Waals surface area contributed by atoms with E-state index in [0.717, 1.165) is 16.9 Å². The average molecular weight is 301 g/mol. The van der Waals surface area contributed by atoms with Crippen LogP contribution in [-0.4, -0.2) is 23.7 Å². The maximum Gasteiger partial charge on any atom is 0.326 e. The molecule has 1 aromatic heterocycles. The fraction of sp³-hybridized carbons (Fsp3) is 0.353. The van der Waals surface area contributed by atoms with E-state index in [4.69, 9.17) is 9.15 Å². The quantitative estimate of drug-likeness (QED) is 0.847. The van der Waals surface area contributed by atoms with Gasteiger partial charge in [0.15, 0.2) is 0 Å². The van der Waals surface area contributed by atoms with Gasteiger partial charge in [0.05, 0.1) is 19.9 Å². The van der Waals surface area contributed by atoms with Crippen molar-refractivity contribution in [3.8, 4) is 5.75 Å². The summed E-state index contributed by atoms with van der Waals surface area (Å²) in [5.74, 6) is 0.769. The zero-order valence-electron chi connectivity index (χ0n) is 12.5. The minimum Gasteiger partial charge on any atom is -0.508 e. The summed E-state index contributed by atoms with van der Waals surface area (Å²) >= 11 is 0. The molecule has 0 aliphatic heterocycles. The van der Waals surface area contributed by atoms with E-state index in [2.05, 4.69) is 5.32 Å². The van der Waals surface area contributed by atoms with Crippen molar-refractivity contribution in [2.75, 3.05) is 7.11 Å². The number of esters is 1. The second-order valence-electron chi connectivity index (χ2n) is 5.64. The number of methoxy groups -OCH3 is 1. The molecule has 0 amide bonds. The second-order valence-corrected chi connectivity index (χ2v) is 5.64. The van der Waals surface area contributed by atoms with Crippen molar-refractivity contribution >= 4 is 5.97 Å². The number of benzene rings is 1. The van der Waals surface area contributed by atoms with Crippen molar-refractivity contribution in [2.24, 2.45) is 0 Å². The van der Waals surface area contributed by atoms with Crippen LogP contribution in [0.4, 0.5) is 0 Å². The Bertz CT molecular complexity index is 665. The van der Waals surface area contributed by atoms with Crippen LogP contribution in [0.25, 0.3) is 0 Å². The van der Waals surface area contributed by atoms with E-state index in [1.807, 2.05) is 18.2 Å². The number of carbonyl (C=O) groups excluding carboxylic acids is 1. The first-order valence-electron chi connectivity index (χ1n) is 7.29. The molecule has 0 saturated carbocycles. The molecule has 22 heavy (non-hydrogen) atoms. The highest BCUT2D eigenvalue weighted by atomic mass is 16.5. The highest BCUT2D eigenvalue weighted by molar-refractivity contribution is 5.82. The molecule has 1 unspecified atom stereocenters. The molecule has 1 aromatic carbocycles. The number of ether oxygens (including phenoxy) is 1. The highest BCUT2D eigenvalue weighted by Crippen LogP contribution is 2.32. The summed E-state index contributed by atoms with van der Waals surface area (Å²) in [6.45, 7) is 0.468. The molecule has 1 aliphatic rings. The van der Waals surface area contributed by atoms with Gasteiger partial charge in [-0.15, -0.1) is 0 Å². The molecule has 0 fully saturated rings. The molecule has 0 radical (unpaired) electrons. The largest absolute Gasteiger partial charge is 0.508 e. The zero-order chi connectivity index (χ0) is 15.6. The molecule has 2 aromatic rings. The Labute approximate surface area is 128 Å². The van der Waals surface area contributed by atoms with Crippen molar-refractivity contribution < 1.29 is 19.1 Å². The molecule has 5 heteroatoms. The van der Waals surface area contributed by atoms with E-state index in [9.17, 15) is 9.90 Å². The van der Waals surface area contributed by atoms with E-state index < -0.39 is 5.54 Å². The fourth-order valence-corrected chi connectivity index (χ4v) is 3.04. The molecule has 0 spiro atoms. The highest BCUT2D eigenvalue weighted by Gasteiger charge is 2.42. The maximum atomic E-state index is 12.4. The summed E-state index contributed by atoms with van der Waals surface area (Å²) in [6, 6.07) is 8.98. The third kappa shape index (κ3) is 2.72. The van der Waals surface area contributed by atoms with Crippen molar-refractivity contribution in [3.05, 3.63) is 53.5 Å². The number of carbonyl (C=O) groups is 1. The number of nitrogens with one attached hydrogen (secondary N) is 1. The molecule has 1 atom stereocenters. The van der Waals surface area contributed by atoms with Crippen LogP contribution >= 0.6 is 0 Å². The summed E-state index contributed by atoms with van der Waals surface area (Å²) < 4.78 is 10.3. The van der Waals surface area contributed by atoms with Crippen LogP contribution in [0.5, 0.6) is 5.75 Å². The summed E-state index contributed by atoms with van der Waals surface area (Å²) in [5.41, 5.74) is 1.38. The van der Waals surface area contributed by atoms with E-state index in [1.54, 1.807) is 18.4 Å². The third-order valence-electron chi connectivity index (χ3n) is 4.26. The smallest absolute Gasteiger partial charge is 0.326 e. The van der Waals surface area contributed by atoms with E-state index in [1.165, 1.54) is 7.11 Å². The minimum atomic E-state index is -0.758. The first kappa shape index (κ1) is 14.7. The Morgan fingerprint density at radius 1 is 1.41 bits per heavy atom. The Morgan fingerprint density at radius 3 is 3.00 bits per heavy atom. The Hall–Kier alpha value is -2.27. The van der Waals surface area contributed by atoms with Crippen LogP contribution in [0.15, 0.2) is 41.0 Å². The molecule has 0 saturated heterocycles. The van der Waals surface area contributed by atoms with Gasteiger partial charge in [0, 0.05) is 6.42 Å². The van der Waals surface area contributed by atoms with Crippen LogP contribution in [0.2, 0.25) is 0 Å². The zero-order valence-corrected chi connectivity index (χ0v) is 12.5. The number of rotatable bonds is 4. The van der Waals surface area contributed by atoms with Gasteiger partial charge in [-0.2, -0.15) is 0 Å². The third-order valence-corrected chi connectivity index (χ3v) is 4.26. The minimum absolute atomic E-state index is 0.257. The van der Waals surface area contributed by atoms with Gasteiger partial charge in [-0.05, 0) is 48.2 Å².